The van der Waals surface area contributed by atoms with Gasteiger partial charge in [-0.15, -0.1) is 0 Å². The highest BCUT2D eigenvalue weighted by Gasteiger charge is 2.33. The molecule has 0 aliphatic heterocycles. The van der Waals surface area contributed by atoms with Crippen LogP contribution in [0.5, 0.6) is 0 Å². The Kier molecular flexibility index (Phi) is 4.92. The molecule has 0 fully saturated rings. The minimum absolute atomic E-state index is 0.286. The molecule has 0 atom stereocenters. The number of nitrogens with one attached hydrogen (secondary N) is 1. The zero-order valence-corrected chi connectivity index (χ0v) is 14.5. The first-order valence-electron chi connectivity index (χ1n) is 6.86. The first-order valence-corrected chi connectivity index (χ1v) is 8.72. The van der Waals surface area contributed by atoms with Crippen molar-refractivity contribution in [1.29, 1.82) is 5.26 Å². The first-order chi connectivity index (χ1) is 11.2. The fourth-order valence-corrected chi connectivity index (χ4v) is 3.09. The molecule has 0 bridgehead atoms. The molecular formula is C16H14ClN3O3S. The molecule has 1 aromatic carbocycles. The monoisotopic (exact) mass is 363 g/mol. The van der Waals surface area contributed by atoms with Crippen molar-refractivity contribution in [2.45, 2.75) is 24.3 Å². The van der Waals surface area contributed by atoms with E-state index < -0.39 is 21.3 Å². The largest absolute Gasteiger partial charge is 0.281 e. The van der Waals surface area contributed by atoms with Gasteiger partial charge in [0.05, 0.1) is 22.1 Å². The number of halogens is 1. The van der Waals surface area contributed by atoms with Gasteiger partial charge in [-0.2, -0.15) is 13.7 Å². The summed E-state index contributed by atoms with van der Waals surface area (Å²) < 4.78 is 26.5. The van der Waals surface area contributed by atoms with Gasteiger partial charge >= 0.3 is 0 Å². The lowest BCUT2D eigenvalue weighted by atomic mass is 9.83. The molecule has 0 aliphatic carbocycles. The van der Waals surface area contributed by atoms with Gasteiger partial charge in [0.25, 0.3) is 10.0 Å². The zero-order valence-electron chi connectivity index (χ0n) is 12.9. The molecule has 124 valence electrons. The lowest BCUT2D eigenvalue weighted by Crippen LogP contribution is -2.43. The molecule has 2 rings (SSSR count). The van der Waals surface area contributed by atoms with Crippen molar-refractivity contribution in [3.05, 3.63) is 58.7 Å². The second-order valence-corrected chi connectivity index (χ2v) is 7.63. The van der Waals surface area contributed by atoms with Crippen LogP contribution < -0.4 is 4.72 Å². The van der Waals surface area contributed by atoms with E-state index in [1.165, 1.54) is 18.3 Å². The van der Waals surface area contributed by atoms with Gasteiger partial charge in [-0.3, -0.25) is 4.79 Å². The summed E-state index contributed by atoms with van der Waals surface area (Å²) in [6.45, 7) is 3.15. The number of pyridine rings is 1. The summed E-state index contributed by atoms with van der Waals surface area (Å²) in [7, 11) is -4.12. The van der Waals surface area contributed by atoms with Gasteiger partial charge in [-0.25, -0.2) is 9.71 Å². The van der Waals surface area contributed by atoms with Crippen molar-refractivity contribution in [3.63, 3.8) is 0 Å². The summed E-state index contributed by atoms with van der Waals surface area (Å²) in [6, 6.07) is 11.0. The minimum atomic E-state index is -4.12. The molecule has 0 saturated heterocycles. The second-order valence-electron chi connectivity index (χ2n) is 5.57. The predicted octanol–water partition coefficient (Wildman–Crippen LogP) is 2.39. The molecule has 0 unspecified atom stereocenters. The Bertz CT molecular complexity index is 916. The summed E-state index contributed by atoms with van der Waals surface area (Å²) in [5, 5.41) is 8.94. The summed E-state index contributed by atoms with van der Waals surface area (Å²) >= 11 is 5.68. The predicted molar refractivity (Wildman–Crippen MR) is 88.8 cm³/mol. The number of aromatic nitrogens is 1. The Morgan fingerprint density at radius 1 is 1.29 bits per heavy atom. The quantitative estimate of drug-likeness (QED) is 0.898. The van der Waals surface area contributed by atoms with E-state index in [4.69, 9.17) is 16.9 Å². The fraction of sp³-hybridized carbons (Fsp3) is 0.188. The molecule has 0 spiro atoms. The SMILES string of the molecule is CC(C)(C(=O)NS(=O)(=O)c1ccc(Cl)cn1)c1cccc(C#N)c1. The Morgan fingerprint density at radius 3 is 2.58 bits per heavy atom. The zero-order chi connectivity index (χ0) is 18.0. The lowest BCUT2D eigenvalue weighted by Gasteiger charge is -2.24. The summed E-state index contributed by atoms with van der Waals surface area (Å²) in [4.78, 5) is 16.2. The standard InChI is InChI=1S/C16H14ClN3O3S/c1-16(2,12-5-3-4-11(8-12)9-18)15(21)20-24(22,23)14-7-6-13(17)10-19-14/h3-8,10H,1-2H3,(H,20,21). The number of amides is 1. The third kappa shape index (κ3) is 3.72. The van der Waals surface area contributed by atoms with Crippen LogP contribution in [-0.2, 0) is 20.2 Å². The van der Waals surface area contributed by atoms with Crippen molar-refractivity contribution < 1.29 is 13.2 Å². The number of benzene rings is 1. The van der Waals surface area contributed by atoms with Crippen LogP contribution in [0.15, 0.2) is 47.6 Å². The van der Waals surface area contributed by atoms with Crippen LogP contribution in [0, 0.1) is 11.3 Å². The van der Waals surface area contributed by atoms with Gasteiger partial charge in [-0.05, 0) is 43.7 Å². The summed E-state index contributed by atoms with van der Waals surface area (Å²) in [6.07, 6.45) is 1.18. The maximum Gasteiger partial charge on any atom is 0.281 e. The van der Waals surface area contributed by atoms with E-state index in [-0.39, 0.29) is 10.0 Å². The third-order valence-corrected chi connectivity index (χ3v) is 4.95. The van der Waals surface area contributed by atoms with Gasteiger partial charge in [0, 0.05) is 6.20 Å². The van der Waals surface area contributed by atoms with Crippen molar-refractivity contribution in [1.82, 2.24) is 9.71 Å². The van der Waals surface area contributed by atoms with E-state index >= 15 is 0 Å². The topological polar surface area (TPSA) is 99.9 Å². The molecule has 1 N–H and O–H groups in total. The highest BCUT2D eigenvalue weighted by molar-refractivity contribution is 7.90. The minimum Gasteiger partial charge on any atom is -0.273 e. The maximum absolute atomic E-state index is 12.5. The van der Waals surface area contributed by atoms with Crippen molar-refractivity contribution in [2.75, 3.05) is 0 Å². The van der Waals surface area contributed by atoms with Gasteiger partial charge in [0.2, 0.25) is 5.91 Å². The Balaban J connectivity index is 2.30. The highest BCUT2D eigenvalue weighted by atomic mass is 35.5. The maximum atomic E-state index is 12.5. The molecule has 0 aliphatic rings. The van der Waals surface area contributed by atoms with Crippen molar-refractivity contribution >= 4 is 27.5 Å². The van der Waals surface area contributed by atoms with E-state index in [1.54, 1.807) is 38.1 Å². The molecule has 8 heteroatoms. The summed E-state index contributed by atoms with van der Waals surface area (Å²) in [5.41, 5.74) is -0.249. The van der Waals surface area contributed by atoms with Crippen molar-refractivity contribution in [2.24, 2.45) is 0 Å². The normalized spacial score (nSPS) is 11.6. The Hall–Kier alpha value is -2.43. The van der Waals surface area contributed by atoms with Crippen LogP contribution in [0.1, 0.15) is 25.0 Å². The lowest BCUT2D eigenvalue weighted by molar-refractivity contribution is -0.123. The summed E-state index contributed by atoms with van der Waals surface area (Å²) in [5.74, 6) is -0.727. The van der Waals surface area contributed by atoms with E-state index in [1.807, 2.05) is 10.8 Å². The number of nitrogens with zero attached hydrogens (tertiary/aromatic N) is 2. The molecule has 1 heterocycles. The number of hydrogen-bond acceptors (Lipinski definition) is 5. The molecular weight excluding hydrogens is 350 g/mol. The second kappa shape index (κ2) is 6.59. The number of rotatable bonds is 4. The first kappa shape index (κ1) is 17.9. The number of carbonyl (C=O) groups excluding carboxylic acids is 1. The third-order valence-electron chi connectivity index (χ3n) is 3.48. The van der Waals surface area contributed by atoms with Crippen LogP contribution in [0.2, 0.25) is 5.02 Å². The smallest absolute Gasteiger partial charge is 0.273 e. The van der Waals surface area contributed by atoms with Crippen LogP contribution in [0.3, 0.4) is 0 Å². The van der Waals surface area contributed by atoms with E-state index in [2.05, 4.69) is 4.98 Å². The van der Waals surface area contributed by atoms with Gasteiger partial charge in [0.15, 0.2) is 5.03 Å². The highest BCUT2D eigenvalue weighted by Crippen LogP contribution is 2.25. The average Bonchev–Trinajstić information content (AvgIpc) is 2.54. The number of carbonyl (C=O) groups is 1. The molecule has 0 radical (unpaired) electrons. The fourth-order valence-electron chi connectivity index (χ4n) is 1.93. The molecule has 6 nitrogen and oxygen atoms in total. The molecule has 1 amide bonds. The number of nitriles is 1. The van der Waals surface area contributed by atoms with Crippen LogP contribution in [0.4, 0.5) is 0 Å². The Labute approximate surface area is 145 Å². The van der Waals surface area contributed by atoms with Crippen LogP contribution in [0.25, 0.3) is 0 Å². The molecule has 24 heavy (non-hydrogen) atoms. The van der Waals surface area contributed by atoms with Crippen LogP contribution >= 0.6 is 11.6 Å². The van der Waals surface area contributed by atoms with E-state index in [0.29, 0.717) is 11.1 Å². The average molecular weight is 364 g/mol. The number of hydrogen-bond donors (Lipinski definition) is 1. The number of sulfonamides is 1. The van der Waals surface area contributed by atoms with Gasteiger partial charge < -0.3 is 0 Å². The van der Waals surface area contributed by atoms with Gasteiger partial charge in [-0.1, -0.05) is 23.7 Å². The Morgan fingerprint density at radius 2 is 2.00 bits per heavy atom. The molecule has 1 aromatic heterocycles. The van der Waals surface area contributed by atoms with Crippen LogP contribution in [-0.4, -0.2) is 19.3 Å². The van der Waals surface area contributed by atoms with Crippen molar-refractivity contribution in [3.8, 4) is 6.07 Å². The van der Waals surface area contributed by atoms with Gasteiger partial charge in [0.1, 0.15) is 0 Å². The van der Waals surface area contributed by atoms with E-state index in [0.717, 1.165) is 0 Å². The molecule has 2 aromatic rings. The van der Waals surface area contributed by atoms with E-state index in [9.17, 15) is 13.2 Å². The molecule has 0 saturated carbocycles.